The first-order chi connectivity index (χ1) is 6.93. The van der Waals surface area contributed by atoms with Gasteiger partial charge in [-0.1, -0.05) is 6.58 Å². The summed E-state index contributed by atoms with van der Waals surface area (Å²) in [6.07, 6.45) is -4.51. The molecular formula is C9H12F2O4. The quantitative estimate of drug-likeness (QED) is 0.383. The van der Waals surface area contributed by atoms with E-state index in [0.29, 0.717) is 5.57 Å². The third kappa shape index (κ3) is 3.33. The average molecular weight is 222 g/mol. The zero-order valence-corrected chi connectivity index (χ0v) is 8.29. The zero-order valence-electron chi connectivity index (χ0n) is 8.29. The molecule has 1 fully saturated rings. The standard InChI is InChI=1S/C9H12F2O4/c1-6(2)7(12)3-13-5-14-8-4-15-9(8,10)11/h8H,1,3-5H2,2H3. The number of hydrogen-bond acceptors (Lipinski definition) is 4. The molecule has 0 aromatic heterocycles. The molecule has 1 aliphatic rings. The van der Waals surface area contributed by atoms with Gasteiger partial charge in [-0.15, -0.1) is 0 Å². The Morgan fingerprint density at radius 2 is 2.33 bits per heavy atom. The van der Waals surface area contributed by atoms with E-state index in [2.05, 4.69) is 16.1 Å². The van der Waals surface area contributed by atoms with Gasteiger partial charge in [-0.25, -0.2) is 0 Å². The normalized spacial score (nSPS) is 23.3. The number of alkyl halides is 2. The third-order valence-electron chi connectivity index (χ3n) is 1.86. The van der Waals surface area contributed by atoms with Crippen LogP contribution in [0.5, 0.6) is 0 Å². The molecule has 1 unspecified atom stereocenters. The number of ketones is 1. The highest BCUT2D eigenvalue weighted by Crippen LogP contribution is 2.32. The van der Waals surface area contributed by atoms with Crippen LogP contribution in [0.3, 0.4) is 0 Å². The minimum atomic E-state index is -3.23. The monoisotopic (exact) mass is 222 g/mol. The Balaban J connectivity index is 2.07. The third-order valence-corrected chi connectivity index (χ3v) is 1.86. The molecule has 1 heterocycles. The van der Waals surface area contributed by atoms with Gasteiger partial charge in [0, 0.05) is 0 Å². The number of ether oxygens (including phenoxy) is 3. The van der Waals surface area contributed by atoms with E-state index in [1.54, 1.807) is 6.92 Å². The van der Waals surface area contributed by atoms with E-state index in [0.717, 1.165) is 0 Å². The van der Waals surface area contributed by atoms with Crippen molar-refractivity contribution in [1.29, 1.82) is 0 Å². The molecule has 1 aliphatic heterocycles. The molecule has 0 spiro atoms. The van der Waals surface area contributed by atoms with Crippen LogP contribution in [0, 0.1) is 0 Å². The molecule has 0 amide bonds. The SMILES string of the molecule is C=C(C)C(=O)COCOC1COC1(F)F. The van der Waals surface area contributed by atoms with Gasteiger partial charge in [-0.05, 0) is 12.5 Å². The van der Waals surface area contributed by atoms with Gasteiger partial charge in [0.05, 0.1) is 6.61 Å². The second-order valence-corrected chi connectivity index (χ2v) is 3.20. The Labute approximate surface area is 85.8 Å². The summed E-state index contributed by atoms with van der Waals surface area (Å²) in [5.74, 6) is -0.282. The van der Waals surface area contributed by atoms with Crippen molar-refractivity contribution in [3.8, 4) is 0 Å². The maximum absolute atomic E-state index is 12.4. The van der Waals surface area contributed by atoms with Crippen LogP contribution in [-0.4, -0.2) is 38.0 Å². The lowest BCUT2D eigenvalue weighted by atomic mass is 10.2. The summed E-state index contributed by atoms with van der Waals surface area (Å²) >= 11 is 0. The minimum Gasteiger partial charge on any atom is -0.347 e. The number of rotatable bonds is 6. The molecule has 0 bridgehead atoms. The summed E-state index contributed by atoms with van der Waals surface area (Å²) in [4.78, 5) is 10.9. The van der Waals surface area contributed by atoms with E-state index in [1.165, 1.54) is 0 Å². The van der Waals surface area contributed by atoms with Crippen LogP contribution >= 0.6 is 0 Å². The summed E-state index contributed by atoms with van der Waals surface area (Å²) in [6.45, 7) is 4.22. The molecule has 0 saturated carbocycles. The minimum absolute atomic E-state index is 0.162. The number of halogens is 2. The van der Waals surface area contributed by atoms with Crippen molar-refractivity contribution in [2.75, 3.05) is 20.0 Å². The topological polar surface area (TPSA) is 44.8 Å². The Bertz CT molecular complexity index is 265. The Kier molecular flexibility index (Phi) is 3.90. The predicted molar refractivity (Wildman–Crippen MR) is 46.4 cm³/mol. The molecule has 0 aromatic rings. The average Bonchev–Trinajstić information content (AvgIpc) is 2.15. The van der Waals surface area contributed by atoms with Crippen molar-refractivity contribution in [2.45, 2.75) is 19.1 Å². The molecule has 0 radical (unpaired) electrons. The second kappa shape index (κ2) is 4.78. The largest absolute Gasteiger partial charge is 0.384 e. The maximum Gasteiger partial charge on any atom is 0.384 e. The predicted octanol–water partition coefficient (Wildman–Crippen LogP) is 1.11. The molecule has 0 N–H and O–H groups in total. The fourth-order valence-electron chi connectivity index (χ4n) is 0.810. The fourth-order valence-corrected chi connectivity index (χ4v) is 0.810. The van der Waals surface area contributed by atoms with Crippen LogP contribution in [0.25, 0.3) is 0 Å². The maximum atomic E-state index is 12.4. The van der Waals surface area contributed by atoms with Crippen molar-refractivity contribution in [1.82, 2.24) is 0 Å². The summed E-state index contributed by atoms with van der Waals surface area (Å²) in [5.41, 5.74) is 0.354. The smallest absolute Gasteiger partial charge is 0.347 e. The lowest BCUT2D eigenvalue weighted by molar-refractivity contribution is -0.391. The molecule has 1 atom stereocenters. The van der Waals surface area contributed by atoms with Crippen LogP contribution in [0.4, 0.5) is 8.78 Å². The van der Waals surface area contributed by atoms with E-state index >= 15 is 0 Å². The van der Waals surface area contributed by atoms with Crippen LogP contribution in [0.1, 0.15) is 6.92 Å². The first-order valence-corrected chi connectivity index (χ1v) is 4.33. The van der Waals surface area contributed by atoms with Gasteiger partial charge in [0.15, 0.2) is 11.9 Å². The summed E-state index contributed by atoms with van der Waals surface area (Å²) in [6, 6.07) is 0. The summed E-state index contributed by atoms with van der Waals surface area (Å²) < 4.78 is 38.2. The summed E-state index contributed by atoms with van der Waals surface area (Å²) in [7, 11) is 0. The summed E-state index contributed by atoms with van der Waals surface area (Å²) in [5, 5.41) is 0. The van der Waals surface area contributed by atoms with Gasteiger partial charge in [0.2, 0.25) is 0 Å². The van der Waals surface area contributed by atoms with Crippen LogP contribution in [0.15, 0.2) is 12.2 Å². The molecule has 6 heteroatoms. The molecule has 4 nitrogen and oxygen atoms in total. The highest BCUT2D eigenvalue weighted by molar-refractivity contribution is 5.95. The molecule has 86 valence electrons. The van der Waals surface area contributed by atoms with Crippen LogP contribution in [0.2, 0.25) is 0 Å². The van der Waals surface area contributed by atoms with Gasteiger partial charge in [0.1, 0.15) is 13.4 Å². The highest BCUT2D eigenvalue weighted by atomic mass is 19.3. The number of carbonyl (C=O) groups is 1. The first-order valence-electron chi connectivity index (χ1n) is 4.33. The van der Waals surface area contributed by atoms with E-state index in [-0.39, 0.29) is 25.8 Å². The molecule has 0 aromatic carbocycles. The number of hydrogen-bond donors (Lipinski definition) is 0. The van der Waals surface area contributed by atoms with Gasteiger partial charge in [-0.2, -0.15) is 8.78 Å². The lowest BCUT2D eigenvalue weighted by Crippen LogP contribution is -2.53. The van der Waals surface area contributed by atoms with E-state index in [4.69, 9.17) is 4.74 Å². The van der Waals surface area contributed by atoms with Gasteiger partial charge < -0.3 is 14.2 Å². The number of Topliss-reactive ketones (excluding diaryl/α,β-unsaturated/α-hetero) is 1. The van der Waals surface area contributed by atoms with Crippen LogP contribution < -0.4 is 0 Å². The molecular weight excluding hydrogens is 210 g/mol. The second-order valence-electron chi connectivity index (χ2n) is 3.20. The molecule has 1 saturated heterocycles. The van der Waals surface area contributed by atoms with Crippen molar-refractivity contribution in [3.63, 3.8) is 0 Å². The van der Waals surface area contributed by atoms with E-state index in [9.17, 15) is 13.6 Å². The molecule has 15 heavy (non-hydrogen) atoms. The van der Waals surface area contributed by atoms with E-state index < -0.39 is 12.2 Å². The van der Waals surface area contributed by atoms with Crippen molar-refractivity contribution in [2.24, 2.45) is 0 Å². The Morgan fingerprint density at radius 1 is 1.67 bits per heavy atom. The van der Waals surface area contributed by atoms with E-state index in [1.807, 2.05) is 0 Å². The fraction of sp³-hybridized carbons (Fsp3) is 0.667. The molecule has 0 aliphatic carbocycles. The van der Waals surface area contributed by atoms with Gasteiger partial charge in [-0.3, -0.25) is 4.79 Å². The Morgan fingerprint density at radius 3 is 2.73 bits per heavy atom. The van der Waals surface area contributed by atoms with Gasteiger partial charge in [0.25, 0.3) is 0 Å². The van der Waals surface area contributed by atoms with Crippen molar-refractivity contribution < 1.29 is 27.8 Å². The lowest BCUT2D eigenvalue weighted by Gasteiger charge is -2.34. The van der Waals surface area contributed by atoms with Crippen molar-refractivity contribution in [3.05, 3.63) is 12.2 Å². The van der Waals surface area contributed by atoms with Crippen molar-refractivity contribution >= 4 is 5.78 Å². The first kappa shape index (κ1) is 12.2. The zero-order chi connectivity index (χ0) is 11.5. The van der Waals surface area contributed by atoms with Crippen LogP contribution in [-0.2, 0) is 19.0 Å². The van der Waals surface area contributed by atoms with Gasteiger partial charge >= 0.3 is 6.11 Å². The number of carbonyl (C=O) groups excluding carboxylic acids is 1. The highest BCUT2D eigenvalue weighted by Gasteiger charge is 2.51. The Hall–Kier alpha value is -0.850. The molecule has 1 rings (SSSR count).